The summed E-state index contributed by atoms with van der Waals surface area (Å²) in [5.74, 6) is 0.839. The molecule has 2 aliphatic heterocycles. The number of aryl methyl sites for hydroxylation is 1. The summed E-state index contributed by atoms with van der Waals surface area (Å²) in [6.07, 6.45) is 5.40. The number of morpholine rings is 1. The molecular weight excluding hydrogens is 350 g/mol. The standard InChI is InChI=1S/C17H25N7O3/c1-22-5-3-13(4-6-22)19-17(25)24-7-8-26-11-14(24)15-20-16(27-21-15)12-9-18-23(2)10-12/h9-10,13-14H,3-8,11H2,1-2H3,(H,19,25). The third-order valence-corrected chi connectivity index (χ3v) is 5.13. The Bertz CT molecular complexity index is 781. The maximum absolute atomic E-state index is 12.9. The molecule has 146 valence electrons. The lowest BCUT2D eigenvalue weighted by Gasteiger charge is -2.36. The van der Waals surface area contributed by atoms with Crippen LogP contribution in [0.25, 0.3) is 11.5 Å². The summed E-state index contributed by atoms with van der Waals surface area (Å²) >= 11 is 0. The van der Waals surface area contributed by atoms with Crippen LogP contribution in [0, 0.1) is 0 Å². The second kappa shape index (κ2) is 7.65. The van der Waals surface area contributed by atoms with Gasteiger partial charge in [-0.1, -0.05) is 5.16 Å². The van der Waals surface area contributed by atoms with Gasteiger partial charge in [0.15, 0.2) is 5.82 Å². The number of hydrogen-bond donors (Lipinski definition) is 1. The van der Waals surface area contributed by atoms with Gasteiger partial charge >= 0.3 is 6.03 Å². The first-order chi connectivity index (χ1) is 13.1. The van der Waals surface area contributed by atoms with E-state index < -0.39 is 0 Å². The molecule has 2 aromatic rings. The Kier molecular flexibility index (Phi) is 5.08. The Balaban J connectivity index is 1.46. The lowest BCUT2D eigenvalue weighted by atomic mass is 10.1. The first kappa shape index (κ1) is 17.9. The monoisotopic (exact) mass is 375 g/mol. The molecule has 0 spiro atoms. The van der Waals surface area contributed by atoms with Crippen LogP contribution in [-0.4, -0.2) is 81.7 Å². The van der Waals surface area contributed by atoms with Crippen LogP contribution in [0.15, 0.2) is 16.9 Å². The molecule has 2 saturated heterocycles. The first-order valence-corrected chi connectivity index (χ1v) is 9.26. The molecule has 0 bridgehead atoms. The van der Waals surface area contributed by atoms with Gasteiger partial charge in [0.2, 0.25) is 0 Å². The fraction of sp³-hybridized carbons (Fsp3) is 0.647. The van der Waals surface area contributed by atoms with Gasteiger partial charge in [-0.05, 0) is 33.0 Å². The molecule has 2 fully saturated rings. The molecule has 0 radical (unpaired) electrons. The van der Waals surface area contributed by atoms with Crippen molar-refractivity contribution in [3.8, 4) is 11.5 Å². The number of likely N-dealkylation sites (tertiary alicyclic amines) is 1. The SMILES string of the molecule is CN1CCC(NC(=O)N2CCOCC2c2noc(-c3cnn(C)c3)n2)CC1. The van der Waals surface area contributed by atoms with Gasteiger partial charge in [-0.15, -0.1) is 0 Å². The minimum absolute atomic E-state index is 0.0921. The molecule has 4 heterocycles. The number of piperidine rings is 1. The number of hydrogen-bond acceptors (Lipinski definition) is 7. The van der Waals surface area contributed by atoms with E-state index in [9.17, 15) is 4.79 Å². The van der Waals surface area contributed by atoms with Gasteiger partial charge in [-0.25, -0.2) is 4.79 Å². The van der Waals surface area contributed by atoms with Crippen LogP contribution >= 0.6 is 0 Å². The fourth-order valence-corrected chi connectivity index (χ4v) is 3.49. The molecule has 0 aromatic carbocycles. The van der Waals surface area contributed by atoms with Crippen LogP contribution in [0.4, 0.5) is 4.79 Å². The van der Waals surface area contributed by atoms with E-state index in [1.54, 1.807) is 22.0 Å². The summed E-state index contributed by atoms with van der Waals surface area (Å²) in [7, 11) is 3.93. The number of urea groups is 1. The van der Waals surface area contributed by atoms with Crippen LogP contribution in [0.1, 0.15) is 24.7 Å². The molecule has 1 N–H and O–H groups in total. The molecule has 1 atom stereocenters. The minimum atomic E-state index is -0.362. The van der Waals surface area contributed by atoms with E-state index in [4.69, 9.17) is 9.26 Å². The molecule has 4 rings (SSSR count). The van der Waals surface area contributed by atoms with Crippen LogP contribution in [-0.2, 0) is 11.8 Å². The van der Waals surface area contributed by atoms with Crippen LogP contribution < -0.4 is 5.32 Å². The Morgan fingerprint density at radius 2 is 2.07 bits per heavy atom. The van der Waals surface area contributed by atoms with Crippen molar-refractivity contribution in [1.82, 2.24) is 35.0 Å². The van der Waals surface area contributed by atoms with E-state index in [1.165, 1.54) is 0 Å². The number of rotatable bonds is 3. The zero-order valence-electron chi connectivity index (χ0n) is 15.7. The second-order valence-electron chi connectivity index (χ2n) is 7.17. The maximum Gasteiger partial charge on any atom is 0.318 e. The van der Waals surface area contributed by atoms with Crippen molar-refractivity contribution in [1.29, 1.82) is 0 Å². The molecule has 27 heavy (non-hydrogen) atoms. The van der Waals surface area contributed by atoms with Crippen LogP contribution in [0.2, 0.25) is 0 Å². The average molecular weight is 375 g/mol. The smallest absolute Gasteiger partial charge is 0.318 e. The van der Waals surface area contributed by atoms with Gasteiger partial charge in [0.25, 0.3) is 5.89 Å². The van der Waals surface area contributed by atoms with Crippen molar-refractivity contribution in [2.24, 2.45) is 7.05 Å². The summed E-state index contributed by atoms with van der Waals surface area (Å²) in [5.41, 5.74) is 0.746. The first-order valence-electron chi connectivity index (χ1n) is 9.26. The van der Waals surface area contributed by atoms with Crippen molar-refractivity contribution in [3.63, 3.8) is 0 Å². The van der Waals surface area contributed by atoms with Gasteiger partial charge in [-0.2, -0.15) is 10.1 Å². The van der Waals surface area contributed by atoms with Crippen molar-refractivity contribution >= 4 is 6.03 Å². The van der Waals surface area contributed by atoms with Gasteiger partial charge in [0, 0.05) is 25.8 Å². The van der Waals surface area contributed by atoms with E-state index in [-0.39, 0.29) is 18.1 Å². The van der Waals surface area contributed by atoms with Crippen molar-refractivity contribution < 1.29 is 14.1 Å². The minimum Gasteiger partial charge on any atom is -0.377 e. The Hall–Kier alpha value is -2.46. The number of carbonyl (C=O) groups excluding carboxylic acids is 1. The predicted octanol–water partition coefficient (Wildman–Crippen LogP) is 0.647. The molecule has 10 nitrogen and oxygen atoms in total. The highest BCUT2D eigenvalue weighted by molar-refractivity contribution is 5.75. The fourth-order valence-electron chi connectivity index (χ4n) is 3.49. The van der Waals surface area contributed by atoms with Gasteiger partial charge in [-0.3, -0.25) is 4.68 Å². The number of nitrogens with one attached hydrogen (secondary N) is 1. The lowest BCUT2D eigenvalue weighted by molar-refractivity contribution is 0.00687. The molecule has 0 saturated carbocycles. The third-order valence-electron chi connectivity index (χ3n) is 5.13. The number of aromatic nitrogens is 4. The topological polar surface area (TPSA) is 102 Å². The number of carbonyl (C=O) groups is 1. The van der Waals surface area contributed by atoms with Gasteiger partial charge in [0.1, 0.15) is 6.04 Å². The average Bonchev–Trinajstić information content (AvgIpc) is 3.32. The van der Waals surface area contributed by atoms with E-state index in [0.717, 1.165) is 31.5 Å². The highest BCUT2D eigenvalue weighted by Gasteiger charge is 2.33. The number of nitrogens with zero attached hydrogens (tertiary/aromatic N) is 6. The quantitative estimate of drug-likeness (QED) is 0.840. The molecule has 2 aliphatic rings. The molecule has 10 heteroatoms. The zero-order chi connectivity index (χ0) is 18.8. The molecule has 0 aliphatic carbocycles. The van der Waals surface area contributed by atoms with E-state index in [1.807, 2.05) is 7.05 Å². The highest BCUT2D eigenvalue weighted by Crippen LogP contribution is 2.25. The van der Waals surface area contributed by atoms with E-state index >= 15 is 0 Å². The third kappa shape index (κ3) is 3.96. The van der Waals surface area contributed by atoms with Crippen LogP contribution in [0.3, 0.4) is 0 Å². The Morgan fingerprint density at radius 1 is 1.26 bits per heavy atom. The van der Waals surface area contributed by atoms with Gasteiger partial charge < -0.3 is 24.4 Å². The van der Waals surface area contributed by atoms with Gasteiger partial charge in [0.05, 0.1) is 25.0 Å². The zero-order valence-corrected chi connectivity index (χ0v) is 15.7. The molecular formula is C17H25N7O3. The Morgan fingerprint density at radius 3 is 2.81 bits per heavy atom. The summed E-state index contributed by atoms with van der Waals surface area (Å²) in [6.45, 7) is 3.35. The number of amides is 2. The van der Waals surface area contributed by atoms with E-state index in [2.05, 4.69) is 32.5 Å². The van der Waals surface area contributed by atoms with E-state index in [0.29, 0.717) is 31.5 Å². The summed E-state index contributed by atoms with van der Waals surface area (Å²) in [5, 5.41) is 11.4. The Labute approximate surface area is 157 Å². The molecule has 2 aromatic heterocycles. The lowest BCUT2D eigenvalue weighted by Crippen LogP contribution is -2.52. The number of ether oxygens (including phenoxy) is 1. The summed E-state index contributed by atoms with van der Waals surface area (Å²) in [4.78, 5) is 21.4. The molecule has 1 unspecified atom stereocenters. The van der Waals surface area contributed by atoms with Crippen molar-refractivity contribution in [2.75, 3.05) is 39.9 Å². The maximum atomic E-state index is 12.9. The summed E-state index contributed by atoms with van der Waals surface area (Å²) < 4.78 is 12.6. The predicted molar refractivity (Wildman–Crippen MR) is 95.8 cm³/mol. The van der Waals surface area contributed by atoms with Crippen molar-refractivity contribution in [3.05, 3.63) is 18.2 Å². The largest absolute Gasteiger partial charge is 0.377 e. The summed E-state index contributed by atoms with van der Waals surface area (Å²) in [6, 6.07) is -0.252. The molecule has 2 amide bonds. The van der Waals surface area contributed by atoms with Crippen LogP contribution in [0.5, 0.6) is 0 Å². The highest BCUT2D eigenvalue weighted by atomic mass is 16.5. The van der Waals surface area contributed by atoms with Crippen molar-refractivity contribution in [2.45, 2.75) is 24.9 Å². The second-order valence-corrected chi connectivity index (χ2v) is 7.17. The normalized spacial score (nSPS) is 22.1.